The van der Waals surface area contributed by atoms with Crippen LogP contribution in [-0.4, -0.2) is 37.9 Å². The van der Waals surface area contributed by atoms with Gasteiger partial charge in [0, 0.05) is 6.07 Å². The molecule has 1 unspecified atom stereocenters. The van der Waals surface area contributed by atoms with Crippen molar-refractivity contribution < 1.29 is 19.8 Å². The Morgan fingerprint density at radius 2 is 2.04 bits per heavy atom. The van der Waals surface area contributed by atoms with Gasteiger partial charge in [-0.3, -0.25) is 9.59 Å². The lowest BCUT2D eigenvalue weighted by molar-refractivity contribution is -0.139. The van der Waals surface area contributed by atoms with Crippen LogP contribution in [0, 0.1) is 6.92 Å². The van der Waals surface area contributed by atoms with Gasteiger partial charge in [0.25, 0.3) is 11.5 Å². The van der Waals surface area contributed by atoms with E-state index in [9.17, 15) is 24.6 Å². The Morgan fingerprint density at radius 3 is 2.65 bits per heavy atom. The molecule has 0 fully saturated rings. The van der Waals surface area contributed by atoms with Crippen LogP contribution >= 0.6 is 0 Å². The summed E-state index contributed by atoms with van der Waals surface area (Å²) in [5.74, 6) is -2.62. The molecule has 0 radical (unpaired) electrons. The highest BCUT2D eigenvalue weighted by atomic mass is 16.4. The van der Waals surface area contributed by atoms with Crippen molar-refractivity contribution in [2.75, 3.05) is 0 Å². The Kier molecular flexibility index (Phi) is 6.11. The average molecular weight is 359 g/mol. The van der Waals surface area contributed by atoms with E-state index in [0.717, 1.165) is 22.7 Å². The van der Waals surface area contributed by atoms with Crippen molar-refractivity contribution >= 4 is 11.9 Å². The number of aryl methyl sites for hydroxylation is 1. The van der Waals surface area contributed by atoms with E-state index in [1.807, 2.05) is 19.9 Å². The molecule has 0 saturated carbocycles. The van der Waals surface area contributed by atoms with Crippen LogP contribution in [0.3, 0.4) is 0 Å². The third-order valence-electron chi connectivity index (χ3n) is 3.82. The van der Waals surface area contributed by atoms with Gasteiger partial charge in [0.2, 0.25) is 0 Å². The molecule has 3 N–H and O–H groups in total. The molecule has 8 heteroatoms. The van der Waals surface area contributed by atoms with Crippen LogP contribution in [0.1, 0.15) is 42.2 Å². The summed E-state index contributed by atoms with van der Waals surface area (Å²) < 4.78 is 0.990. The fourth-order valence-electron chi connectivity index (χ4n) is 2.45. The van der Waals surface area contributed by atoms with Crippen molar-refractivity contribution in [1.29, 1.82) is 0 Å². The molecule has 0 spiro atoms. The lowest BCUT2D eigenvalue weighted by Crippen LogP contribution is -2.41. The SMILES string of the molecule is CCCCC(NC(=O)c1nn(-c2cccc(C)c2)c(=O)cc1O)C(=O)O. The smallest absolute Gasteiger partial charge is 0.326 e. The van der Waals surface area contributed by atoms with E-state index < -0.39 is 34.9 Å². The molecule has 2 aromatic rings. The monoisotopic (exact) mass is 359 g/mol. The van der Waals surface area contributed by atoms with Crippen LogP contribution < -0.4 is 10.9 Å². The van der Waals surface area contributed by atoms with Gasteiger partial charge >= 0.3 is 5.97 Å². The maximum absolute atomic E-state index is 12.4. The number of nitrogens with one attached hydrogen (secondary N) is 1. The molecule has 0 bridgehead atoms. The number of hydrogen-bond acceptors (Lipinski definition) is 5. The number of nitrogens with zero attached hydrogens (tertiary/aromatic N) is 2. The first-order chi connectivity index (χ1) is 12.3. The number of hydrogen-bond donors (Lipinski definition) is 3. The molecule has 1 aromatic carbocycles. The highest BCUT2D eigenvalue weighted by Gasteiger charge is 2.23. The second-order valence-corrected chi connectivity index (χ2v) is 5.97. The van der Waals surface area contributed by atoms with Crippen molar-refractivity contribution in [3.63, 3.8) is 0 Å². The molecule has 8 nitrogen and oxygen atoms in total. The first-order valence-corrected chi connectivity index (χ1v) is 8.27. The highest BCUT2D eigenvalue weighted by Crippen LogP contribution is 2.14. The average Bonchev–Trinajstić information content (AvgIpc) is 2.58. The molecule has 0 aliphatic carbocycles. The zero-order valence-electron chi connectivity index (χ0n) is 14.6. The summed E-state index contributed by atoms with van der Waals surface area (Å²) in [6, 6.07) is 6.70. The minimum absolute atomic E-state index is 0.260. The summed E-state index contributed by atoms with van der Waals surface area (Å²) in [5.41, 5.74) is 0.310. The first-order valence-electron chi connectivity index (χ1n) is 8.27. The lowest BCUT2D eigenvalue weighted by Gasteiger charge is -2.15. The molecule has 138 valence electrons. The van der Waals surface area contributed by atoms with Crippen molar-refractivity contribution in [1.82, 2.24) is 15.1 Å². The second kappa shape index (κ2) is 8.28. The Bertz CT molecular complexity index is 875. The van der Waals surface area contributed by atoms with E-state index in [1.54, 1.807) is 18.2 Å². The third kappa shape index (κ3) is 4.47. The van der Waals surface area contributed by atoms with E-state index in [2.05, 4.69) is 10.4 Å². The number of carbonyl (C=O) groups excluding carboxylic acids is 1. The van der Waals surface area contributed by atoms with Crippen LogP contribution in [0.25, 0.3) is 5.69 Å². The molecule has 1 aromatic heterocycles. The van der Waals surface area contributed by atoms with E-state index in [1.165, 1.54) is 0 Å². The maximum atomic E-state index is 12.4. The quantitative estimate of drug-likeness (QED) is 0.691. The van der Waals surface area contributed by atoms with Crippen LogP contribution in [0.2, 0.25) is 0 Å². The molecule has 0 saturated heterocycles. The summed E-state index contributed by atoms with van der Waals surface area (Å²) >= 11 is 0. The van der Waals surface area contributed by atoms with Crippen molar-refractivity contribution in [2.24, 2.45) is 0 Å². The second-order valence-electron chi connectivity index (χ2n) is 5.97. The zero-order chi connectivity index (χ0) is 19.3. The first kappa shape index (κ1) is 19.2. The van der Waals surface area contributed by atoms with Crippen LogP contribution in [0.5, 0.6) is 5.75 Å². The summed E-state index contributed by atoms with van der Waals surface area (Å²) in [4.78, 5) is 35.8. The van der Waals surface area contributed by atoms with Crippen molar-refractivity contribution in [3.05, 3.63) is 51.9 Å². The van der Waals surface area contributed by atoms with Gasteiger partial charge in [0.05, 0.1) is 5.69 Å². The minimum Gasteiger partial charge on any atom is -0.505 e. The Morgan fingerprint density at radius 1 is 1.31 bits per heavy atom. The highest BCUT2D eigenvalue weighted by molar-refractivity contribution is 5.96. The van der Waals surface area contributed by atoms with Crippen LogP contribution in [0.15, 0.2) is 35.1 Å². The molecule has 1 heterocycles. The van der Waals surface area contributed by atoms with Crippen molar-refractivity contribution in [2.45, 2.75) is 39.2 Å². The van der Waals surface area contributed by atoms with Gasteiger partial charge in [0.15, 0.2) is 11.4 Å². The molecule has 0 aliphatic heterocycles. The minimum atomic E-state index is -1.17. The number of unbranched alkanes of at least 4 members (excludes halogenated alkanes) is 1. The van der Waals surface area contributed by atoms with Gasteiger partial charge < -0.3 is 15.5 Å². The van der Waals surface area contributed by atoms with Gasteiger partial charge in [-0.05, 0) is 31.0 Å². The predicted molar refractivity (Wildman–Crippen MR) is 94.7 cm³/mol. The molecule has 0 aliphatic rings. The third-order valence-corrected chi connectivity index (χ3v) is 3.82. The van der Waals surface area contributed by atoms with Crippen LogP contribution in [0.4, 0.5) is 0 Å². The number of rotatable bonds is 7. The van der Waals surface area contributed by atoms with E-state index in [0.29, 0.717) is 12.1 Å². The largest absolute Gasteiger partial charge is 0.505 e. The number of aromatic hydroxyl groups is 1. The fraction of sp³-hybridized carbons (Fsp3) is 0.333. The summed E-state index contributed by atoms with van der Waals surface area (Å²) in [7, 11) is 0. The van der Waals surface area contributed by atoms with Gasteiger partial charge in [0.1, 0.15) is 6.04 Å². The van der Waals surface area contributed by atoms with Gasteiger partial charge in [-0.25, -0.2) is 4.79 Å². The molecular weight excluding hydrogens is 338 g/mol. The Labute approximate surface area is 150 Å². The van der Waals surface area contributed by atoms with Gasteiger partial charge in [-0.1, -0.05) is 31.9 Å². The molecular formula is C18H21N3O5. The Balaban J connectivity index is 2.37. The Hall–Kier alpha value is -3.16. The van der Waals surface area contributed by atoms with Crippen molar-refractivity contribution in [3.8, 4) is 11.4 Å². The predicted octanol–water partition coefficient (Wildman–Crippen LogP) is 1.62. The molecule has 2 rings (SSSR count). The van der Waals surface area contributed by atoms with E-state index in [-0.39, 0.29) is 6.42 Å². The zero-order valence-corrected chi connectivity index (χ0v) is 14.6. The maximum Gasteiger partial charge on any atom is 0.326 e. The number of amides is 1. The lowest BCUT2D eigenvalue weighted by atomic mass is 10.1. The topological polar surface area (TPSA) is 122 Å². The summed E-state index contributed by atoms with van der Waals surface area (Å²) in [6.07, 6.45) is 1.66. The standard InChI is InChI=1S/C18H21N3O5/c1-3-4-8-13(18(25)26)19-17(24)16-14(22)10-15(23)21(20-16)12-7-5-6-11(2)9-12/h5-7,9-10,13,22H,3-4,8H2,1-2H3,(H,19,24)(H,25,26). The summed E-state index contributed by atoms with van der Waals surface area (Å²) in [6.45, 7) is 3.75. The number of benzene rings is 1. The van der Waals surface area contributed by atoms with Gasteiger partial charge in [-0.15, -0.1) is 0 Å². The van der Waals surface area contributed by atoms with E-state index in [4.69, 9.17) is 0 Å². The number of aliphatic carboxylic acids is 1. The number of carbonyl (C=O) groups is 2. The molecule has 1 atom stereocenters. The van der Waals surface area contributed by atoms with Crippen LogP contribution in [-0.2, 0) is 4.79 Å². The fourth-order valence-corrected chi connectivity index (χ4v) is 2.45. The number of aromatic nitrogens is 2. The van der Waals surface area contributed by atoms with Gasteiger partial charge in [-0.2, -0.15) is 9.78 Å². The number of carboxylic acids is 1. The summed E-state index contributed by atoms with van der Waals surface area (Å²) in [5, 5.41) is 25.4. The number of carboxylic acid groups (broad SMARTS) is 1. The molecule has 1 amide bonds. The molecule has 26 heavy (non-hydrogen) atoms. The van der Waals surface area contributed by atoms with E-state index >= 15 is 0 Å². The normalized spacial score (nSPS) is 11.8.